The molecule has 144 valence electrons. The van der Waals surface area contributed by atoms with Crippen LogP contribution in [0.5, 0.6) is 0 Å². The van der Waals surface area contributed by atoms with E-state index in [9.17, 15) is 13.0 Å². The van der Waals surface area contributed by atoms with E-state index in [2.05, 4.69) is 13.8 Å². The minimum Gasteiger partial charge on any atom is -0.744 e. The molecule has 0 fully saturated rings. The molecular weight excluding hydrogens is 355 g/mol. The fourth-order valence-corrected chi connectivity index (χ4v) is 3.84. The molecule has 0 atom stereocenters. The van der Waals surface area contributed by atoms with Gasteiger partial charge in [-0.1, -0.05) is 90.2 Å². The van der Waals surface area contributed by atoms with Gasteiger partial charge in [-0.05, 0) is 36.5 Å². The van der Waals surface area contributed by atoms with Crippen molar-refractivity contribution in [2.75, 3.05) is 0 Å². The van der Waals surface area contributed by atoms with Gasteiger partial charge in [0, 0.05) is 0 Å². The number of unbranched alkanes of at least 4 members (excludes halogenated alkanes) is 8. The number of hydrogen-bond donors (Lipinski definition) is 0. The van der Waals surface area contributed by atoms with Crippen molar-refractivity contribution in [2.45, 2.75) is 102 Å². The second-order valence-electron chi connectivity index (χ2n) is 7.13. The minimum atomic E-state index is -4.35. The first-order valence-corrected chi connectivity index (χ1v) is 11.5. The van der Waals surface area contributed by atoms with Crippen molar-refractivity contribution in [3.63, 3.8) is 0 Å². The van der Waals surface area contributed by atoms with Crippen LogP contribution in [0, 0.1) is 0 Å². The van der Waals surface area contributed by atoms with Crippen molar-refractivity contribution in [3.8, 4) is 0 Å². The quantitative estimate of drug-likeness (QED) is 0.278. The molecule has 5 heteroatoms. The molecule has 1 aromatic rings. The SMILES string of the molecule is CCCCCCCC(CCCCCCC)c1ccc(S(=O)(=O)[O-])cc1.[Na+]. The van der Waals surface area contributed by atoms with Crippen molar-refractivity contribution in [1.29, 1.82) is 0 Å². The Morgan fingerprint density at radius 3 is 1.58 bits per heavy atom. The van der Waals surface area contributed by atoms with Gasteiger partial charge in [0.25, 0.3) is 0 Å². The molecule has 0 N–H and O–H groups in total. The molecule has 0 saturated heterocycles. The van der Waals surface area contributed by atoms with Crippen molar-refractivity contribution in [1.82, 2.24) is 0 Å². The van der Waals surface area contributed by atoms with Gasteiger partial charge in [-0.2, -0.15) is 0 Å². The molecule has 0 aliphatic rings. The molecule has 0 saturated carbocycles. The van der Waals surface area contributed by atoms with Gasteiger partial charge in [0.15, 0.2) is 0 Å². The van der Waals surface area contributed by atoms with Crippen LogP contribution in [0.15, 0.2) is 29.2 Å². The van der Waals surface area contributed by atoms with E-state index < -0.39 is 10.1 Å². The molecule has 0 amide bonds. The molecule has 0 aliphatic carbocycles. The predicted octanol–water partition coefficient (Wildman–Crippen LogP) is 3.40. The summed E-state index contributed by atoms with van der Waals surface area (Å²) in [6.45, 7) is 4.45. The Kier molecular flexibility index (Phi) is 15.2. The average Bonchev–Trinajstić information content (AvgIpc) is 2.59. The predicted molar refractivity (Wildman–Crippen MR) is 104 cm³/mol. The fraction of sp³-hybridized carbons (Fsp3) is 0.714. The van der Waals surface area contributed by atoms with Gasteiger partial charge < -0.3 is 4.55 Å². The van der Waals surface area contributed by atoms with Gasteiger partial charge in [-0.3, -0.25) is 0 Å². The molecule has 0 aliphatic heterocycles. The van der Waals surface area contributed by atoms with Crippen molar-refractivity contribution >= 4 is 10.1 Å². The standard InChI is InChI=1S/C21H36O3S.Na/c1-3-5-7-9-11-13-19(14-12-10-8-6-4-2)20-15-17-21(18-16-20)25(22,23)24;/h15-19H,3-14H2,1-2H3,(H,22,23,24);/q;+1/p-1. The molecule has 0 spiro atoms. The third-order valence-electron chi connectivity index (χ3n) is 4.95. The second kappa shape index (κ2) is 15.1. The third kappa shape index (κ3) is 11.1. The Morgan fingerprint density at radius 1 is 0.769 bits per heavy atom. The minimum absolute atomic E-state index is 0. The van der Waals surface area contributed by atoms with Crippen LogP contribution in [-0.4, -0.2) is 13.0 Å². The van der Waals surface area contributed by atoms with Gasteiger partial charge in [0.2, 0.25) is 0 Å². The topological polar surface area (TPSA) is 57.2 Å². The summed E-state index contributed by atoms with van der Waals surface area (Å²) in [5.41, 5.74) is 1.18. The van der Waals surface area contributed by atoms with E-state index in [0.717, 1.165) is 12.8 Å². The van der Waals surface area contributed by atoms with E-state index in [1.165, 1.54) is 81.9 Å². The Bertz CT molecular complexity index is 541. The third-order valence-corrected chi connectivity index (χ3v) is 5.80. The van der Waals surface area contributed by atoms with E-state index >= 15 is 0 Å². The normalized spacial score (nSPS) is 11.5. The largest absolute Gasteiger partial charge is 1.00 e. The maximum absolute atomic E-state index is 11.1. The van der Waals surface area contributed by atoms with Gasteiger partial charge in [0.1, 0.15) is 10.1 Å². The molecule has 0 heterocycles. The second-order valence-corrected chi connectivity index (χ2v) is 8.51. The first kappa shape index (κ1) is 26.1. The zero-order chi connectivity index (χ0) is 18.5. The van der Waals surface area contributed by atoms with Crippen LogP contribution in [0.4, 0.5) is 0 Å². The molecular formula is C21H35NaO3S. The summed E-state index contributed by atoms with van der Waals surface area (Å²) in [5, 5.41) is 0. The molecule has 1 aromatic carbocycles. The van der Waals surface area contributed by atoms with Crippen molar-refractivity contribution in [3.05, 3.63) is 29.8 Å². The fourth-order valence-electron chi connectivity index (χ4n) is 3.37. The maximum atomic E-state index is 11.1. The Morgan fingerprint density at radius 2 is 1.19 bits per heavy atom. The summed E-state index contributed by atoms with van der Waals surface area (Å²) >= 11 is 0. The van der Waals surface area contributed by atoms with Gasteiger partial charge in [-0.15, -0.1) is 0 Å². The van der Waals surface area contributed by atoms with Crippen LogP contribution < -0.4 is 29.6 Å². The Hall–Kier alpha value is 0.130. The molecule has 26 heavy (non-hydrogen) atoms. The van der Waals surface area contributed by atoms with E-state index in [1.807, 2.05) is 12.1 Å². The van der Waals surface area contributed by atoms with Gasteiger partial charge >= 0.3 is 29.6 Å². The smallest absolute Gasteiger partial charge is 0.744 e. The van der Waals surface area contributed by atoms with Crippen LogP contribution in [0.25, 0.3) is 0 Å². The summed E-state index contributed by atoms with van der Waals surface area (Å²) in [6, 6.07) is 6.62. The first-order valence-electron chi connectivity index (χ1n) is 10.0. The van der Waals surface area contributed by atoms with E-state index in [4.69, 9.17) is 0 Å². The summed E-state index contributed by atoms with van der Waals surface area (Å²) in [7, 11) is -4.35. The van der Waals surface area contributed by atoms with Gasteiger partial charge in [-0.25, -0.2) is 8.42 Å². The molecule has 0 radical (unpaired) electrons. The van der Waals surface area contributed by atoms with E-state index in [0.29, 0.717) is 5.92 Å². The summed E-state index contributed by atoms with van der Waals surface area (Å²) < 4.78 is 33.3. The first-order chi connectivity index (χ1) is 12.0. The molecule has 3 nitrogen and oxygen atoms in total. The number of rotatable bonds is 14. The summed E-state index contributed by atoms with van der Waals surface area (Å²) in [5.74, 6) is 0.478. The number of benzene rings is 1. The Labute approximate surface area is 183 Å². The summed E-state index contributed by atoms with van der Waals surface area (Å²) in [4.78, 5) is -0.124. The van der Waals surface area contributed by atoms with Gasteiger partial charge in [0.05, 0.1) is 4.90 Å². The Balaban J connectivity index is 0.00000625. The van der Waals surface area contributed by atoms with Crippen LogP contribution >= 0.6 is 0 Å². The average molecular weight is 391 g/mol. The van der Waals surface area contributed by atoms with Crippen LogP contribution in [0.1, 0.15) is 102 Å². The molecule has 0 bridgehead atoms. The zero-order valence-electron chi connectivity index (χ0n) is 17.0. The molecule has 1 rings (SSSR count). The molecule has 0 aromatic heterocycles. The van der Waals surface area contributed by atoms with Crippen molar-refractivity contribution in [2.24, 2.45) is 0 Å². The zero-order valence-corrected chi connectivity index (χ0v) is 19.8. The van der Waals surface area contributed by atoms with E-state index in [-0.39, 0.29) is 34.5 Å². The summed E-state index contributed by atoms with van der Waals surface area (Å²) in [6.07, 6.45) is 15.0. The van der Waals surface area contributed by atoms with Crippen LogP contribution in [0.3, 0.4) is 0 Å². The molecule has 0 unspecified atom stereocenters. The number of hydrogen-bond acceptors (Lipinski definition) is 3. The van der Waals surface area contributed by atoms with Crippen LogP contribution in [0.2, 0.25) is 0 Å². The van der Waals surface area contributed by atoms with E-state index in [1.54, 1.807) is 0 Å². The van der Waals surface area contributed by atoms with Crippen molar-refractivity contribution < 1.29 is 42.5 Å². The van der Waals surface area contributed by atoms with Crippen LogP contribution in [-0.2, 0) is 10.1 Å². The maximum Gasteiger partial charge on any atom is 1.00 e. The monoisotopic (exact) mass is 390 g/mol.